The highest BCUT2D eigenvalue weighted by Gasteiger charge is 2.30. The maximum Gasteiger partial charge on any atom is 0.253 e. The summed E-state index contributed by atoms with van der Waals surface area (Å²) >= 11 is 0. The van der Waals surface area contributed by atoms with Crippen LogP contribution in [0.1, 0.15) is 22.8 Å². The zero-order chi connectivity index (χ0) is 24.8. The van der Waals surface area contributed by atoms with Gasteiger partial charge >= 0.3 is 0 Å². The van der Waals surface area contributed by atoms with Crippen LogP contribution in [0.25, 0.3) is 0 Å². The van der Waals surface area contributed by atoms with Crippen LogP contribution in [-0.2, 0) is 16.6 Å². The summed E-state index contributed by atoms with van der Waals surface area (Å²) in [6.45, 7) is 3.74. The number of hydrogen-bond acceptors (Lipinski definition) is 5. The van der Waals surface area contributed by atoms with Gasteiger partial charge in [0.15, 0.2) is 0 Å². The van der Waals surface area contributed by atoms with Crippen molar-refractivity contribution in [3.8, 4) is 11.5 Å². The third kappa shape index (κ3) is 5.98. The van der Waals surface area contributed by atoms with Crippen molar-refractivity contribution in [1.82, 2.24) is 9.21 Å². The maximum absolute atomic E-state index is 13.0. The Balaban J connectivity index is 1.31. The predicted molar refractivity (Wildman–Crippen MR) is 129 cm³/mol. The Morgan fingerprint density at radius 3 is 2.00 bits per heavy atom. The van der Waals surface area contributed by atoms with Crippen LogP contribution in [0.2, 0.25) is 0 Å². The molecule has 35 heavy (non-hydrogen) atoms. The first-order valence-electron chi connectivity index (χ1n) is 11.4. The minimum Gasteiger partial charge on any atom is -0.494 e. The molecular weight excluding hydrogens is 471 g/mol. The fourth-order valence-corrected chi connectivity index (χ4v) is 5.20. The van der Waals surface area contributed by atoms with Gasteiger partial charge in [0, 0.05) is 31.7 Å². The van der Waals surface area contributed by atoms with Crippen molar-refractivity contribution in [2.24, 2.45) is 0 Å². The molecule has 0 N–H and O–H groups in total. The van der Waals surface area contributed by atoms with E-state index < -0.39 is 10.0 Å². The van der Waals surface area contributed by atoms with E-state index in [-0.39, 0.29) is 29.7 Å². The minimum atomic E-state index is -3.64. The van der Waals surface area contributed by atoms with Crippen molar-refractivity contribution in [2.45, 2.75) is 18.4 Å². The van der Waals surface area contributed by atoms with Gasteiger partial charge in [-0.3, -0.25) is 4.79 Å². The maximum atomic E-state index is 13.0. The lowest BCUT2D eigenvalue weighted by Crippen LogP contribution is -2.50. The van der Waals surface area contributed by atoms with Crippen LogP contribution in [0, 0.1) is 5.82 Å². The first-order valence-corrected chi connectivity index (χ1v) is 12.8. The SMILES string of the molecule is CCOc1ccc(S(=O)(=O)N2CCN(C(=O)c3ccc(COc4ccc(F)cc4)cc3)CC2)cc1. The molecule has 1 saturated heterocycles. The van der Waals surface area contributed by atoms with Gasteiger partial charge in [0.25, 0.3) is 5.91 Å². The Labute approximate surface area is 204 Å². The molecule has 1 amide bonds. The van der Waals surface area contributed by atoms with Gasteiger partial charge in [-0.05, 0) is 73.2 Å². The molecule has 0 saturated carbocycles. The number of hydrogen-bond donors (Lipinski definition) is 0. The summed E-state index contributed by atoms with van der Waals surface area (Å²) in [7, 11) is -3.64. The summed E-state index contributed by atoms with van der Waals surface area (Å²) in [6.07, 6.45) is 0. The summed E-state index contributed by atoms with van der Waals surface area (Å²) in [5.41, 5.74) is 1.40. The predicted octanol–water partition coefficient (Wildman–Crippen LogP) is 3.95. The second kappa shape index (κ2) is 10.9. The molecule has 0 spiro atoms. The zero-order valence-electron chi connectivity index (χ0n) is 19.4. The quantitative estimate of drug-likeness (QED) is 0.470. The van der Waals surface area contributed by atoms with Crippen LogP contribution in [0.15, 0.2) is 77.7 Å². The number of benzene rings is 3. The molecule has 0 aromatic heterocycles. The average Bonchev–Trinajstić information content (AvgIpc) is 2.89. The average molecular weight is 499 g/mol. The molecule has 9 heteroatoms. The Morgan fingerprint density at radius 1 is 0.829 bits per heavy atom. The topological polar surface area (TPSA) is 76.2 Å². The first kappa shape index (κ1) is 24.7. The van der Waals surface area contributed by atoms with Crippen molar-refractivity contribution in [1.29, 1.82) is 0 Å². The second-order valence-corrected chi connectivity index (χ2v) is 9.98. The lowest BCUT2D eigenvalue weighted by atomic mass is 10.1. The molecular formula is C26H27FN2O5S. The van der Waals surface area contributed by atoms with E-state index in [4.69, 9.17) is 9.47 Å². The van der Waals surface area contributed by atoms with Crippen molar-refractivity contribution >= 4 is 15.9 Å². The monoisotopic (exact) mass is 498 g/mol. The van der Waals surface area contributed by atoms with Crippen molar-refractivity contribution in [2.75, 3.05) is 32.8 Å². The molecule has 0 radical (unpaired) electrons. The lowest BCUT2D eigenvalue weighted by molar-refractivity contribution is 0.0698. The number of sulfonamides is 1. The van der Waals surface area contributed by atoms with Crippen LogP contribution < -0.4 is 9.47 Å². The van der Waals surface area contributed by atoms with E-state index in [0.717, 1.165) is 5.56 Å². The third-order valence-electron chi connectivity index (χ3n) is 5.72. The van der Waals surface area contributed by atoms with Gasteiger partial charge in [0.05, 0.1) is 11.5 Å². The zero-order valence-corrected chi connectivity index (χ0v) is 20.2. The highest BCUT2D eigenvalue weighted by atomic mass is 32.2. The number of carbonyl (C=O) groups is 1. The molecule has 1 fully saturated rings. The van der Waals surface area contributed by atoms with E-state index >= 15 is 0 Å². The molecule has 1 aliphatic rings. The van der Waals surface area contributed by atoms with Crippen LogP contribution >= 0.6 is 0 Å². The normalized spacial score (nSPS) is 14.5. The van der Waals surface area contributed by atoms with Gasteiger partial charge in [-0.1, -0.05) is 12.1 Å². The minimum absolute atomic E-state index is 0.144. The molecule has 1 heterocycles. The largest absolute Gasteiger partial charge is 0.494 e. The van der Waals surface area contributed by atoms with Crippen LogP contribution in [-0.4, -0.2) is 56.3 Å². The summed E-state index contributed by atoms with van der Waals surface area (Å²) in [5.74, 6) is 0.712. The van der Waals surface area contributed by atoms with Crippen molar-refractivity contribution in [3.63, 3.8) is 0 Å². The molecule has 0 aliphatic carbocycles. The molecule has 184 valence electrons. The molecule has 3 aromatic rings. The van der Waals surface area contributed by atoms with Crippen LogP contribution in [0.4, 0.5) is 4.39 Å². The standard InChI is InChI=1S/C26H27FN2O5S/c1-2-33-23-11-13-25(14-12-23)35(31,32)29-17-15-28(16-18-29)26(30)21-5-3-20(4-6-21)19-34-24-9-7-22(27)8-10-24/h3-14H,2,15-19H2,1H3. The molecule has 3 aromatic carbocycles. The summed E-state index contributed by atoms with van der Waals surface area (Å²) in [5, 5.41) is 0. The number of piperazine rings is 1. The molecule has 4 rings (SSSR count). The summed E-state index contributed by atoms with van der Waals surface area (Å²) < 4.78 is 51.3. The number of nitrogens with zero attached hydrogens (tertiary/aromatic N) is 2. The highest BCUT2D eigenvalue weighted by molar-refractivity contribution is 7.89. The highest BCUT2D eigenvalue weighted by Crippen LogP contribution is 2.22. The number of carbonyl (C=O) groups excluding carboxylic acids is 1. The molecule has 7 nitrogen and oxygen atoms in total. The Hall–Kier alpha value is -3.43. The summed E-state index contributed by atoms with van der Waals surface area (Å²) in [4.78, 5) is 14.8. The number of rotatable bonds is 8. The van der Waals surface area contributed by atoms with Gasteiger partial charge in [0.1, 0.15) is 23.9 Å². The smallest absolute Gasteiger partial charge is 0.253 e. The van der Waals surface area contributed by atoms with Gasteiger partial charge in [-0.15, -0.1) is 0 Å². The number of ether oxygens (including phenoxy) is 2. The van der Waals surface area contributed by atoms with Gasteiger partial charge in [-0.25, -0.2) is 12.8 Å². The third-order valence-corrected chi connectivity index (χ3v) is 7.63. The van der Waals surface area contributed by atoms with E-state index in [1.165, 1.54) is 16.4 Å². The molecule has 1 aliphatic heterocycles. The van der Waals surface area contributed by atoms with Crippen molar-refractivity contribution < 1.29 is 27.1 Å². The van der Waals surface area contributed by atoms with E-state index in [1.807, 2.05) is 19.1 Å². The fraction of sp³-hybridized carbons (Fsp3) is 0.269. The second-order valence-electron chi connectivity index (χ2n) is 8.04. The molecule has 0 atom stereocenters. The Morgan fingerprint density at radius 2 is 1.40 bits per heavy atom. The van der Waals surface area contributed by atoms with E-state index in [1.54, 1.807) is 53.4 Å². The van der Waals surface area contributed by atoms with Crippen molar-refractivity contribution in [3.05, 3.63) is 89.7 Å². The van der Waals surface area contributed by atoms with Crippen LogP contribution in [0.5, 0.6) is 11.5 Å². The van der Waals surface area contributed by atoms with E-state index in [9.17, 15) is 17.6 Å². The molecule has 0 unspecified atom stereocenters. The number of halogens is 1. The Bertz CT molecular complexity index is 1240. The molecule has 0 bridgehead atoms. The van der Waals surface area contributed by atoms with E-state index in [0.29, 0.717) is 43.4 Å². The van der Waals surface area contributed by atoms with Gasteiger partial charge < -0.3 is 14.4 Å². The first-order chi connectivity index (χ1) is 16.9. The van der Waals surface area contributed by atoms with E-state index in [2.05, 4.69) is 0 Å². The van der Waals surface area contributed by atoms with Crippen LogP contribution in [0.3, 0.4) is 0 Å². The van der Waals surface area contributed by atoms with Gasteiger partial charge in [0.2, 0.25) is 10.0 Å². The Kier molecular flexibility index (Phi) is 7.67. The van der Waals surface area contributed by atoms with Gasteiger partial charge in [-0.2, -0.15) is 4.31 Å². The number of amides is 1. The fourth-order valence-electron chi connectivity index (χ4n) is 3.78. The lowest BCUT2D eigenvalue weighted by Gasteiger charge is -2.34. The summed E-state index contributed by atoms with van der Waals surface area (Å²) in [6, 6.07) is 19.2.